The largest absolute Gasteiger partial charge is 0.497 e. The van der Waals surface area contributed by atoms with Crippen LogP contribution in [0.3, 0.4) is 0 Å². The molecule has 0 heterocycles. The normalized spacial score (nSPS) is 11.8. The van der Waals surface area contributed by atoms with Crippen molar-refractivity contribution in [2.75, 3.05) is 7.11 Å². The molecular formula is C16H16ClN3OS. The molecule has 0 radical (unpaired) electrons. The van der Waals surface area contributed by atoms with Crippen molar-refractivity contribution in [1.29, 1.82) is 0 Å². The van der Waals surface area contributed by atoms with E-state index in [9.17, 15) is 0 Å². The minimum atomic E-state index is 0.418. The number of thioether (sulfide) groups is 1. The minimum absolute atomic E-state index is 0.418. The molecule has 0 aromatic heterocycles. The molecule has 114 valence electrons. The minimum Gasteiger partial charge on any atom is -0.497 e. The van der Waals surface area contributed by atoms with E-state index in [1.165, 1.54) is 11.8 Å². The Morgan fingerprint density at radius 1 is 1.18 bits per heavy atom. The summed E-state index contributed by atoms with van der Waals surface area (Å²) >= 11 is 7.24. The van der Waals surface area contributed by atoms with E-state index in [4.69, 9.17) is 22.1 Å². The van der Waals surface area contributed by atoms with Crippen LogP contribution in [0.25, 0.3) is 0 Å². The molecule has 0 bridgehead atoms. The number of hydrogen-bond acceptors (Lipinski definition) is 4. The number of amidine groups is 1. The van der Waals surface area contributed by atoms with Crippen LogP contribution in [-0.4, -0.2) is 18.5 Å². The van der Waals surface area contributed by atoms with Crippen molar-refractivity contribution in [3.8, 4) is 5.75 Å². The molecule has 2 N–H and O–H groups in total. The lowest BCUT2D eigenvalue weighted by Gasteiger charge is -2.02. The highest BCUT2D eigenvalue weighted by Crippen LogP contribution is 2.16. The highest BCUT2D eigenvalue weighted by atomic mass is 35.5. The number of halogens is 1. The summed E-state index contributed by atoms with van der Waals surface area (Å²) in [4.78, 5) is 0. The molecule has 0 aliphatic rings. The van der Waals surface area contributed by atoms with Crippen molar-refractivity contribution < 1.29 is 4.74 Å². The fourth-order valence-electron chi connectivity index (χ4n) is 1.61. The van der Waals surface area contributed by atoms with Crippen molar-refractivity contribution in [2.45, 2.75) is 5.75 Å². The molecule has 0 unspecified atom stereocenters. The number of nitrogens with two attached hydrogens (primary N) is 1. The zero-order valence-corrected chi connectivity index (χ0v) is 13.6. The van der Waals surface area contributed by atoms with Crippen molar-refractivity contribution in [1.82, 2.24) is 0 Å². The van der Waals surface area contributed by atoms with E-state index in [-0.39, 0.29) is 0 Å². The number of rotatable bonds is 5. The lowest BCUT2D eigenvalue weighted by molar-refractivity contribution is 0.414. The molecule has 0 saturated carbocycles. The van der Waals surface area contributed by atoms with Gasteiger partial charge in [0.05, 0.1) is 13.3 Å². The van der Waals surface area contributed by atoms with Crippen LogP contribution in [0.15, 0.2) is 58.7 Å². The molecular weight excluding hydrogens is 318 g/mol. The van der Waals surface area contributed by atoms with Crippen molar-refractivity contribution in [3.63, 3.8) is 0 Å². The smallest absolute Gasteiger partial charge is 0.180 e. The van der Waals surface area contributed by atoms with Gasteiger partial charge in [-0.1, -0.05) is 47.6 Å². The van der Waals surface area contributed by atoms with Gasteiger partial charge in [0, 0.05) is 10.8 Å². The Labute approximate surface area is 139 Å². The van der Waals surface area contributed by atoms with Gasteiger partial charge < -0.3 is 10.5 Å². The average Bonchev–Trinajstić information content (AvgIpc) is 2.55. The summed E-state index contributed by atoms with van der Waals surface area (Å²) < 4.78 is 5.11. The first kappa shape index (κ1) is 16.4. The van der Waals surface area contributed by atoms with E-state index in [0.717, 1.165) is 22.6 Å². The van der Waals surface area contributed by atoms with Gasteiger partial charge in [-0.25, -0.2) is 0 Å². The number of nitrogens with zero attached hydrogens (tertiary/aromatic N) is 2. The molecule has 0 spiro atoms. The molecule has 2 rings (SSSR count). The zero-order chi connectivity index (χ0) is 15.8. The topological polar surface area (TPSA) is 60.0 Å². The summed E-state index contributed by atoms with van der Waals surface area (Å²) in [6.07, 6.45) is 1.64. The van der Waals surface area contributed by atoms with Gasteiger partial charge in [-0.05, 0) is 35.4 Å². The monoisotopic (exact) mass is 333 g/mol. The van der Waals surface area contributed by atoms with E-state index in [0.29, 0.717) is 10.2 Å². The van der Waals surface area contributed by atoms with Crippen molar-refractivity contribution >= 4 is 34.7 Å². The number of ether oxygens (including phenoxy) is 1. The van der Waals surface area contributed by atoms with Gasteiger partial charge >= 0.3 is 0 Å². The van der Waals surface area contributed by atoms with Crippen LogP contribution in [0.2, 0.25) is 5.02 Å². The standard InChI is InChI=1S/C16H16ClN3OS/c1-21-15-8-4-13(5-9-15)11-22-16(18)20-19-10-12-2-6-14(17)7-3-12/h2-10H,11H2,1H3,(H2,18,20)/b19-10+. The Kier molecular flexibility index (Phi) is 6.30. The average molecular weight is 334 g/mol. The Hall–Kier alpha value is -1.98. The molecule has 2 aromatic carbocycles. The van der Waals surface area contributed by atoms with Gasteiger partial charge in [-0.2, -0.15) is 5.10 Å². The summed E-state index contributed by atoms with van der Waals surface area (Å²) in [6.45, 7) is 0. The second kappa shape index (κ2) is 8.46. The Morgan fingerprint density at radius 2 is 1.86 bits per heavy atom. The van der Waals surface area contributed by atoms with Gasteiger partial charge in [0.2, 0.25) is 0 Å². The fourth-order valence-corrected chi connectivity index (χ4v) is 2.35. The van der Waals surface area contributed by atoms with Crippen LogP contribution in [0.5, 0.6) is 5.75 Å². The van der Waals surface area contributed by atoms with Crippen LogP contribution in [0.4, 0.5) is 0 Å². The van der Waals surface area contributed by atoms with Crippen LogP contribution in [-0.2, 0) is 5.75 Å². The van der Waals surface area contributed by atoms with Gasteiger partial charge in [0.1, 0.15) is 5.75 Å². The molecule has 0 saturated heterocycles. The molecule has 0 amide bonds. The van der Waals surface area contributed by atoms with Crippen molar-refractivity contribution in [3.05, 3.63) is 64.7 Å². The Balaban J connectivity index is 1.85. The second-order valence-electron chi connectivity index (χ2n) is 4.37. The predicted octanol–water partition coefficient (Wildman–Crippen LogP) is 3.93. The SMILES string of the molecule is COc1ccc(CS/C(N)=N/N=C/c2ccc(Cl)cc2)cc1. The first-order valence-corrected chi connectivity index (χ1v) is 7.91. The van der Waals surface area contributed by atoms with E-state index >= 15 is 0 Å². The number of benzene rings is 2. The summed E-state index contributed by atoms with van der Waals surface area (Å²) in [5.41, 5.74) is 7.88. The lowest BCUT2D eigenvalue weighted by Crippen LogP contribution is -2.06. The van der Waals surface area contributed by atoms with Gasteiger partial charge in [0.25, 0.3) is 0 Å². The van der Waals surface area contributed by atoms with Crippen LogP contribution >= 0.6 is 23.4 Å². The van der Waals surface area contributed by atoms with Gasteiger partial charge in [-0.15, -0.1) is 5.10 Å². The molecule has 0 fully saturated rings. The molecule has 22 heavy (non-hydrogen) atoms. The first-order valence-electron chi connectivity index (χ1n) is 6.55. The third-order valence-electron chi connectivity index (χ3n) is 2.78. The highest BCUT2D eigenvalue weighted by molar-refractivity contribution is 8.13. The Morgan fingerprint density at radius 3 is 2.50 bits per heavy atom. The maximum absolute atomic E-state index is 5.82. The molecule has 6 heteroatoms. The van der Waals surface area contributed by atoms with E-state index in [1.54, 1.807) is 25.5 Å². The summed E-state index contributed by atoms with van der Waals surface area (Å²) in [7, 11) is 1.65. The third-order valence-corrected chi connectivity index (χ3v) is 3.89. The zero-order valence-electron chi connectivity index (χ0n) is 12.1. The number of methoxy groups -OCH3 is 1. The summed E-state index contributed by atoms with van der Waals surface area (Å²) in [5, 5.41) is 9.03. The molecule has 4 nitrogen and oxygen atoms in total. The fraction of sp³-hybridized carbons (Fsp3) is 0.125. The van der Waals surface area contributed by atoms with Crippen molar-refractivity contribution in [2.24, 2.45) is 15.9 Å². The van der Waals surface area contributed by atoms with Gasteiger partial charge in [0.15, 0.2) is 5.17 Å². The highest BCUT2D eigenvalue weighted by Gasteiger charge is 1.98. The second-order valence-corrected chi connectivity index (χ2v) is 5.80. The maximum atomic E-state index is 5.82. The van der Waals surface area contributed by atoms with Crippen LogP contribution in [0.1, 0.15) is 11.1 Å². The molecule has 0 aliphatic heterocycles. The lowest BCUT2D eigenvalue weighted by atomic mass is 10.2. The van der Waals surface area contributed by atoms with E-state index in [2.05, 4.69) is 10.2 Å². The third kappa shape index (κ3) is 5.42. The van der Waals surface area contributed by atoms with Crippen LogP contribution < -0.4 is 10.5 Å². The maximum Gasteiger partial charge on any atom is 0.180 e. The molecule has 2 aromatic rings. The van der Waals surface area contributed by atoms with Crippen LogP contribution in [0, 0.1) is 0 Å². The quantitative estimate of drug-likeness (QED) is 0.512. The predicted molar refractivity (Wildman–Crippen MR) is 95.0 cm³/mol. The van der Waals surface area contributed by atoms with E-state index in [1.807, 2.05) is 36.4 Å². The summed E-state index contributed by atoms with van der Waals surface area (Å²) in [5.74, 6) is 1.57. The Bertz CT molecular complexity index is 654. The molecule has 0 aliphatic carbocycles. The van der Waals surface area contributed by atoms with Gasteiger partial charge in [-0.3, -0.25) is 0 Å². The molecule has 0 atom stereocenters. The van der Waals surface area contributed by atoms with E-state index < -0.39 is 0 Å². The number of hydrogen-bond donors (Lipinski definition) is 1. The summed E-state index contributed by atoms with van der Waals surface area (Å²) in [6, 6.07) is 15.2. The first-order chi connectivity index (χ1) is 10.7.